The number of benzene rings is 2. The molecule has 1 saturated heterocycles. The number of aliphatic hydroxyl groups is 1. The quantitative estimate of drug-likeness (QED) is 0.793. The van der Waals surface area contributed by atoms with Crippen LogP contribution in [0.25, 0.3) is 0 Å². The van der Waals surface area contributed by atoms with Gasteiger partial charge in [0.15, 0.2) is 0 Å². The van der Waals surface area contributed by atoms with E-state index in [1.807, 2.05) is 60.4 Å². The molecule has 2 heterocycles. The first-order valence-corrected chi connectivity index (χ1v) is 10.8. The minimum atomic E-state index is -0.503. The van der Waals surface area contributed by atoms with Crippen LogP contribution in [0.3, 0.4) is 0 Å². The highest BCUT2D eigenvalue weighted by Crippen LogP contribution is 2.31. The Labute approximate surface area is 178 Å². The molecule has 2 atom stereocenters. The first-order valence-electron chi connectivity index (χ1n) is 10.8. The van der Waals surface area contributed by atoms with Gasteiger partial charge in [0, 0.05) is 32.7 Å². The van der Waals surface area contributed by atoms with Gasteiger partial charge >= 0.3 is 0 Å². The summed E-state index contributed by atoms with van der Waals surface area (Å²) in [4.78, 5) is 17.2. The summed E-state index contributed by atoms with van der Waals surface area (Å²) in [5.74, 6) is 1.67. The molecule has 1 amide bonds. The summed E-state index contributed by atoms with van der Waals surface area (Å²) >= 11 is 0. The maximum atomic E-state index is 13.1. The molecule has 2 aromatic carbocycles. The molecule has 0 aromatic heterocycles. The normalized spacial score (nSPS) is 20.2. The highest BCUT2D eigenvalue weighted by atomic mass is 16.5. The number of piperazine rings is 1. The number of hydrogen-bond donors (Lipinski definition) is 1. The van der Waals surface area contributed by atoms with Gasteiger partial charge in [0.05, 0.1) is 18.6 Å². The lowest BCUT2D eigenvalue weighted by Crippen LogP contribution is -2.52. The second kappa shape index (κ2) is 9.49. The van der Waals surface area contributed by atoms with E-state index in [-0.39, 0.29) is 11.8 Å². The molecular weight excluding hydrogens is 380 g/mol. The molecule has 6 nitrogen and oxygen atoms in total. The fraction of sp³-hybridized carbons (Fsp3) is 0.458. The van der Waals surface area contributed by atoms with Crippen molar-refractivity contribution in [3.8, 4) is 11.5 Å². The van der Waals surface area contributed by atoms with E-state index in [0.717, 1.165) is 35.7 Å². The van der Waals surface area contributed by atoms with E-state index in [1.165, 1.54) is 0 Å². The lowest BCUT2D eigenvalue weighted by atomic mass is 9.95. The maximum absolute atomic E-state index is 13.1. The van der Waals surface area contributed by atoms with Crippen LogP contribution in [0, 0.1) is 5.92 Å². The summed E-state index contributed by atoms with van der Waals surface area (Å²) in [6, 6.07) is 15.6. The zero-order valence-electron chi connectivity index (χ0n) is 17.5. The zero-order chi connectivity index (χ0) is 20.9. The molecule has 4 rings (SSSR count). The fourth-order valence-corrected chi connectivity index (χ4v) is 4.22. The number of β-amino-alcohol motifs (C(OH)–C–C–N with tert-alkyl or cyclic N) is 1. The lowest BCUT2D eigenvalue weighted by Gasteiger charge is -2.38. The first-order chi connectivity index (χ1) is 14.6. The average Bonchev–Trinajstić information content (AvgIpc) is 2.79. The second-order valence-corrected chi connectivity index (χ2v) is 7.97. The number of rotatable bonds is 6. The van der Waals surface area contributed by atoms with Gasteiger partial charge in [-0.1, -0.05) is 30.3 Å². The van der Waals surface area contributed by atoms with E-state index >= 15 is 0 Å². The molecule has 2 aliphatic heterocycles. The molecule has 0 aliphatic carbocycles. The molecule has 0 spiro atoms. The number of aliphatic hydroxyl groups excluding tert-OH is 1. The molecule has 30 heavy (non-hydrogen) atoms. The van der Waals surface area contributed by atoms with Gasteiger partial charge in [-0.15, -0.1) is 0 Å². The Morgan fingerprint density at radius 2 is 1.93 bits per heavy atom. The molecular formula is C24H30N2O4. The summed E-state index contributed by atoms with van der Waals surface area (Å²) in [7, 11) is 0. The van der Waals surface area contributed by atoms with E-state index in [0.29, 0.717) is 39.3 Å². The van der Waals surface area contributed by atoms with Crippen LogP contribution in [0.15, 0.2) is 48.5 Å². The van der Waals surface area contributed by atoms with E-state index in [1.54, 1.807) is 0 Å². The van der Waals surface area contributed by atoms with Crippen molar-refractivity contribution in [2.75, 3.05) is 45.9 Å². The first kappa shape index (κ1) is 20.7. The number of hydrogen-bond acceptors (Lipinski definition) is 5. The summed E-state index contributed by atoms with van der Waals surface area (Å²) in [5.41, 5.74) is 1.97. The van der Waals surface area contributed by atoms with Gasteiger partial charge in [0.1, 0.15) is 18.1 Å². The largest absolute Gasteiger partial charge is 0.494 e. The van der Waals surface area contributed by atoms with Crippen LogP contribution >= 0.6 is 0 Å². The van der Waals surface area contributed by atoms with Crippen LogP contribution in [-0.2, 0) is 11.2 Å². The van der Waals surface area contributed by atoms with Crippen molar-refractivity contribution in [3.63, 3.8) is 0 Å². The molecule has 0 saturated carbocycles. The molecule has 0 radical (unpaired) electrons. The van der Waals surface area contributed by atoms with E-state index in [4.69, 9.17) is 9.47 Å². The number of ether oxygens (including phenoxy) is 2. The molecule has 160 valence electrons. The molecule has 1 N–H and O–H groups in total. The van der Waals surface area contributed by atoms with Gasteiger partial charge in [-0.2, -0.15) is 0 Å². The summed E-state index contributed by atoms with van der Waals surface area (Å²) in [5, 5.41) is 10.5. The number of carbonyl (C=O) groups is 1. The van der Waals surface area contributed by atoms with Crippen LogP contribution in [0.1, 0.15) is 24.2 Å². The molecule has 6 heteroatoms. The Morgan fingerprint density at radius 3 is 2.67 bits per heavy atom. The zero-order valence-corrected chi connectivity index (χ0v) is 17.5. The lowest BCUT2D eigenvalue weighted by molar-refractivity contribution is -0.138. The van der Waals surface area contributed by atoms with Crippen molar-refractivity contribution < 1.29 is 19.4 Å². The minimum absolute atomic E-state index is 0.157. The highest BCUT2D eigenvalue weighted by Gasteiger charge is 2.32. The highest BCUT2D eigenvalue weighted by molar-refractivity contribution is 5.80. The van der Waals surface area contributed by atoms with Crippen molar-refractivity contribution in [3.05, 3.63) is 59.7 Å². The number of amides is 1. The predicted molar refractivity (Wildman–Crippen MR) is 115 cm³/mol. The van der Waals surface area contributed by atoms with E-state index < -0.39 is 6.10 Å². The van der Waals surface area contributed by atoms with Gasteiger partial charge in [-0.05, 0) is 42.7 Å². The van der Waals surface area contributed by atoms with Gasteiger partial charge in [-0.25, -0.2) is 0 Å². The standard InChI is InChI=1S/C24H30N2O4/c1-2-29-21-8-9-23-19(15-21)14-20(17-30-23)24(28)26-12-10-25(11-13-26)16-22(27)18-6-4-3-5-7-18/h3-9,15,20,22,27H,2,10-14,16-17H2,1H3. The third-order valence-electron chi connectivity index (χ3n) is 5.90. The Hall–Kier alpha value is -2.57. The fourth-order valence-electron chi connectivity index (χ4n) is 4.22. The van der Waals surface area contributed by atoms with Gasteiger partial charge < -0.3 is 19.5 Å². The molecule has 1 fully saturated rings. The Kier molecular flexibility index (Phi) is 6.55. The summed E-state index contributed by atoms with van der Waals surface area (Å²) in [6.45, 7) is 6.50. The third-order valence-corrected chi connectivity index (χ3v) is 5.90. The second-order valence-electron chi connectivity index (χ2n) is 7.97. The van der Waals surface area contributed by atoms with Crippen LogP contribution in [0.4, 0.5) is 0 Å². The molecule has 2 aromatic rings. The van der Waals surface area contributed by atoms with Crippen molar-refractivity contribution in [1.82, 2.24) is 9.80 Å². The van der Waals surface area contributed by atoms with Crippen molar-refractivity contribution >= 4 is 5.91 Å². The van der Waals surface area contributed by atoms with Gasteiger partial charge in [0.2, 0.25) is 5.91 Å². The van der Waals surface area contributed by atoms with Crippen molar-refractivity contribution in [2.24, 2.45) is 5.92 Å². The van der Waals surface area contributed by atoms with Gasteiger partial charge in [0.25, 0.3) is 0 Å². The Balaban J connectivity index is 1.30. The maximum Gasteiger partial charge on any atom is 0.229 e. The molecule has 2 aliphatic rings. The van der Waals surface area contributed by atoms with Crippen LogP contribution in [0.5, 0.6) is 11.5 Å². The Bertz CT molecular complexity index is 850. The number of fused-ring (bicyclic) bond motifs is 1. The van der Waals surface area contributed by atoms with Crippen molar-refractivity contribution in [2.45, 2.75) is 19.4 Å². The van der Waals surface area contributed by atoms with Crippen molar-refractivity contribution in [1.29, 1.82) is 0 Å². The Morgan fingerprint density at radius 1 is 1.17 bits per heavy atom. The van der Waals surface area contributed by atoms with Crippen LogP contribution in [0.2, 0.25) is 0 Å². The molecule has 2 unspecified atom stereocenters. The number of carbonyl (C=O) groups excluding carboxylic acids is 1. The average molecular weight is 411 g/mol. The SMILES string of the molecule is CCOc1ccc2c(c1)CC(C(=O)N1CCN(CC(O)c3ccccc3)CC1)CO2. The topological polar surface area (TPSA) is 62.2 Å². The monoisotopic (exact) mass is 410 g/mol. The van der Waals surface area contributed by atoms with Crippen LogP contribution < -0.4 is 9.47 Å². The predicted octanol–water partition coefficient (Wildman–Crippen LogP) is 2.51. The van der Waals surface area contributed by atoms with E-state index in [2.05, 4.69) is 4.90 Å². The minimum Gasteiger partial charge on any atom is -0.494 e. The summed E-state index contributed by atoms with van der Waals surface area (Å²) in [6.07, 6.45) is 0.179. The van der Waals surface area contributed by atoms with E-state index in [9.17, 15) is 9.90 Å². The summed E-state index contributed by atoms with van der Waals surface area (Å²) < 4.78 is 11.4. The smallest absolute Gasteiger partial charge is 0.229 e. The third kappa shape index (κ3) is 4.77. The number of nitrogens with zero attached hydrogens (tertiary/aromatic N) is 2. The van der Waals surface area contributed by atoms with Crippen LogP contribution in [-0.4, -0.2) is 66.8 Å². The van der Waals surface area contributed by atoms with Gasteiger partial charge in [-0.3, -0.25) is 9.69 Å². The molecule has 0 bridgehead atoms.